The molecule has 22 heavy (non-hydrogen) atoms. The normalized spacial score (nSPS) is 28.0. The number of hydrogen-bond donors (Lipinski definition) is 3. The molecule has 3 rings (SSSR count). The SMILES string of the molecule is COc1ncnc2c1c(C#N)cn2[C@@H]1O[C@H](CO)[C@@H](O)[C@H]1O. The summed E-state index contributed by atoms with van der Waals surface area (Å²) in [5, 5.41) is 38.8. The maximum absolute atomic E-state index is 10.1. The van der Waals surface area contributed by atoms with Crippen LogP contribution in [0.2, 0.25) is 0 Å². The Morgan fingerprint density at radius 2 is 2.18 bits per heavy atom. The molecule has 0 amide bonds. The van der Waals surface area contributed by atoms with E-state index in [4.69, 9.17) is 14.6 Å². The predicted molar refractivity (Wildman–Crippen MR) is 71.8 cm³/mol. The fourth-order valence-electron chi connectivity index (χ4n) is 2.60. The summed E-state index contributed by atoms with van der Waals surface area (Å²) in [5.74, 6) is 0.229. The number of aliphatic hydroxyl groups excluding tert-OH is 3. The molecule has 1 aliphatic heterocycles. The summed E-state index contributed by atoms with van der Waals surface area (Å²) in [6.45, 7) is -0.433. The van der Waals surface area contributed by atoms with Crippen molar-refractivity contribution in [3.8, 4) is 11.9 Å². The van der Waals surface area contributed by atoms with Crippen LogP contribution >= 0.6 is 0 Å². The van der Waals surface area contributed by atoms with Gasteiger partial charge in [-0.05, 0) is 0 Å². The zero-order valence-corrected chi connectivity index (χ0v) is 11.6. The van der Waals surface area contributed by atoms with E-state index in [1.54, 1.807) is 0 Å². The number of nitriles is 1. The molecular weight excluding hydrogens is 292 g/mol. The third-order valence-electron chi connectivity index (χ3n) is 3.68. The second-order valence-electron chi connectivity index (χ2n) is 4.87. The minimum atomic E-state index is -1.26. The molecule has 2 aromatic rings. The van der Waals surface area contributed by atoms with Crippen LogP contribution < -0.4 is 4.74 Å². The Labute approximate surface area is 125 Å². The van der Waals surface area contributed by atoms with Crippen molar-refractivity contribution in [2.24, 2.45) is 0 Å². The lowest BCUT2D eigenvalue weighted by Crippen LogP contribution is -2.33. The maximum Gasteiger partial charge on any atom is 0.227 e. The van der Waals surface area contributed by atoms with E-state index in [1.165, 1.54) is 24.2 Å². The molecule has 3 heterocycles. The molecule has 4 atom stereocenters. The van der Waals surface area contributed by atoms with Crippen LogP contribution in [0.1, 0.15) is 11.8 Å². The average molecular weight is 306 g/mol. The van der Waals surface area contributed by atoms with Crippen LogP contribution in [0.25, 0.3) is 11.0 Å². The van der Waals surface area contributed by atoms with Crippen molar-refractivity contribution in [3.63, 3.8) is 0 Å². The van der Waals surface area contributed by atoms with Crippen molar-refractivity contribution in [2.45, 2.75) is 24.5 Å². The highest BCUT2D eigenvalue weighted by molar-refractivity contribution is 5.87. The predicted octanol–water partition coefficient (Wildman–Crippen LogP) is -1.08. The molecule has 0 aromatic carbocycles. The molecule has 9 heteroatoms. The van der Waals surface area contributed by atoms with Crippen molar-refractivity contribution in [1.29, 1.82) is 5.26 Å². The van der Waals surface area contributed by atoms with Gasteiger partial charge in [-0.15, -0.1) is 0 Å². The monoisotopic (exact) mass is 306 g/mol. The summed E-state index contributed by atoms with van der Waals surface area (Å²) in [6, 6.07) is 2.01. The van der Waals surface area contributed by atoms with E-state index in [9.17, 15) is 15.5 Å². The number of hydrogen-bond acceptors (Lipinski definition) is 8. The van der Waals surface area contributed by atoms with Gasteiger partial charge in [-0.2, -0.15) is 5.26 Å². The van der Waals surface area contributed by atoms with Gasteiger partial charge in [0.1, 0.15) is 30.7 Å². The molecule has 0 aliphatic carbocycles. The van der Waals surface area contributed by atoms with Crippen LogP contribution in [-0.2, 0) is 4.74 Å². The van der Waals surface area contributed by atoms with E-state index in [0.29, 0.717) is 11.0 Å². The van der Waals surface area contributed by atoms with Gasteiger partial charge in [0.15, 0.2) is 11.9 Å². The standard InChI is InChI=1S/C13H14N4O5/c1-21-12-8-6(2-14)3-17(11(8)15-5-16-12)13-10(20)9(19)7(4-18)22-13/h3,5,7,9-10,13,18-20H,4H2,1H3/t7-,9-,10-,13-/m1/s1. The molecule has 3 N–H and O–H groups in total. The Bertz CT molecular complexity index is 740. The van der Waals surface area contributed by atoms with Gasteiger partial charge in [0, 0.05) is 6.20 Å². The zero-order chi connectivity index (χ0) is 15.9. The van der Waals surface area contributed by atoms with Gasteiger partial charge < -0.3 is 29.4 Å². The third kappa shape index (κ3) is 2.01. The van der Waals surface area contributed by atoms with Gasteiger partial charge in [-0.3, -0.25) is 0 Å². The summed E-state index contributed by atoms with van der Waals surface area (Å²) < 4.78 is 12.0. The highest BCUT2D eigenvalue weighted by Gasteiger charge is 2.44. The van der Waals surface area contributed by atoms with Crippen LogP contribution in [-0.4, -0.2) is 61.9 Å². The van der Waals surface area contributed by atoms with E-state index >= 15 is 0 Å². The number of rotatable bonds is 3. The van der Waals surface area contributed by atoms with Gasteiger partial charge in [0.2, 0.25) is 5.88 Å². The minimum Gasteiger partial charge on any atom is -0.480 e. The molecular formula is C13H14N4O5. The van der Waals surface area contributed by atoms with Gasteiger partial charge in [0.05, 0.1) is 24.7 Å². The lowest BCUT2D eigenvalue weighted by molar-refractivity contribution is -0.0508. The molecule has 0 radical (unpaired) electrons. The first-order valence-electron chi connectivity index (χ1n) is 6.54. The van der Waals surface area contributed by atoms with Crippen LogP contribution in [0.5, 0.6) is 5.88 Å². The number of methoxy groups -OCH3 is 1. The van der Waals surface area contributed by atoms with Crippen molar-refractivity contribution in [2.75, 3.05) is 13.7 Å². The highest BCUT2D eigenvalue weighted by Crippen LogP contribution is 2.35. The van der Waals surface area contributed by atoms with Crippen LogP contribution in [0, 0.1) is 11.3 Å². The molecule has 1 saturated heterocycles. The second-order valence-corrected chi connectivity index (χ2v) is 4.87. The Hall–Kier alpha value is -2.25. The molecule has 0 unspecified atom stereocenters. The van der Waals surface area contributed by atoms with Crippen LogP contribution in [0.3, 0.4) is 0 Å². The van der Waals surface area contributed by atoms with Crippen molar-refractivity contribution in [3.05, 3.63) is 18.1 Å². The largest absolute Gasteiger partial charge is 0.480 e. The molecule has 0 saturated carbocycles. The lowest BCUT2D eigenvalue weighted by atomic mass is 10.1. The number of aliphatic hydroxyl groups is 3. The van der Waals surface area contributed by atoms with Gasteiger partial charge in [-0.25, -0.2) is 9.97 Å². The summed E-state index contributed by atoms with van der Waals surface area (Å²) in [5.41, 5.74) is 0.587. The first-order chi connectivity index (χ1) is 10.6. The van der Waals surface area contributed by atoms with Gasteiger partial charge in [-0.1, -0.05) is 0 Å². The van der Waals surface area contributed by atoms with Crippen molar-refractivity contribution >= 4 is 11.0 Å². The number of fused-ring (bicyclic) bond motifs is 1. The van der Waals surface area contributed by atoms with E-state index in [2.05, 4.69) is 9.97 Å². The zero-order valence-electron chi connectivity index (χ0n) is 11.6. The van der Waals surface area contributed by atoms with E-state index in [1.807, 2.05) is 6.07 Å². The van der Waals surface area contributed by atoms with Crippen molar-refractivity contribution < 1.29 is 24.8 Å². The lowest BCUT2D eigenvalue weighted by Gasteiger charge is -2.17. The summed E-state index contributed by atoms with van der Waals surface area (Å²) in [7, 11) is 1.42. The third-order valence-corrected chi connectivity index (χ3v) is 3.68. The number of nitrogens with zero attached hydrogens (tertiary/aromatic N) is 4. The molecule has 1 aliphatic rings. The quantitative estimate of drug-likeness (QED) is 0.652. The summed E-state index contributed by atoms with van der Waals surface area (Å²) in [6.07, 6.45) is -1.67. The highest BCUT2D eigenvalue weighted by atomic mass is 16.6. The van der Waals surface area contributed by atoms with E-state index in [-0.39, 0.29) is 11.4 Å². The Kier molecular flexibility index (Phi) is 3.67. The molecule has 2 aromatic heterocycles. The first kappa shape index (κ1) is 14.7. The number of ether oxygens (including phenoxy) is 2. The van der Waals surface area contributed by atoms with Gasteiger partial charge >= 0.3 is 0 Å². The summed E-state index contributed by atoms with van der Waals surface area (Å²) in [4.78, 5) is 8.05. The van der Waals surface area contributed by atoms with E-state index < -0.39 is 31.1 Å². The molecule has 0 spiro atoms. The molecule has 9 nitrogen and oxygen atoms in total. The first-order valence-corrected chi connectivity index (χ1v) is 6.54. The van der Waals surface area contributed by atoms with Crippen molar-refractivity contribution in [1.82, 2.24) is 14.5 Å². The van der Waals surface area contributed by atoms with E-state index in [0.717, 1.165) is 0 Å². The Morgan fingerprint density at radius 3 is 2.77 bits per heavy atom. The fraction of sp³-hybridized carbons (Fsp3) is 0.462. The molecule has 1 fully saturated rings. The van der Waals surface area contributed by atoms with Crippen LogP contribution in [0.15, 0.2) is 12.5 Å². The smallest absolute Gasteiger partial charge is 0.227 e. The fourth-order valence-corrected chi connectivity index (χ4v) is 2.60. The van der Waals surface area contributed by atoms with Gasteiger partial charge in [0.25, 0.3) is 0 Å². The Morgan fingerprint density at radius 1 is 1.41 bits per heavy atom. The second kappa shape index (κ2) is 5.51. The minimum absolute atomic E-state index is 0.229. The molecule has 116 valence electrons. The Balaban J connectivity index is 2.15. The average Bonchev–Trinajstić information content (AvgIpc) is 3.06. The molecule has 0 bridgehead atoms. The number of aromatic nitrogens is 3. The van der Waals surface area contributed by atoms with Crippen LogP contribution in [0.4, 0.5) is 0 Å². The maximum atomic E-state index is 10.1. The summed E-state index contributed by atoms with van der Waals surface area (Å²) >= 11 is 0. The topological polar surface area (TPSA) is 134 Å².